The van der Waals surface area contributed by atoms with Gasteiger partial charge in [0.15, 0.2) is 36.7 Å². The molecule has 2 aromatic rings. The first-order valence-corrected chi connectivity index (χ1v) is 15.8. The van der Waals surface area contributed by atoms with Crippen LogP contribution in [0.4, 0.5) is 10.6 Å². The third-order valence-electron chi connectivity index (χ3n) is 7.27. The molecule has 206 valence electrons. The summed E-state index contributed by atoms with van der Waals surface area (Å²) in [6.45, 7) is 20.3. The highest BCUT2D eigenvalue weighted by Gasteiger charge is 2.73. The van der Waals surface area contributed by atoms with Crippen molar-refractivity contribution >= 4 is 37.3 Å². The van der Waals surface area contributed by atoms with E-state index >= 15 is 0 Å². The van der Waals surface area contributed by atoms with Crippen molar-refractivity contribution in [1.82, 2.24) is 14.6 Å². The molecule has 0 saturated carbocycles. The van der Waals surface area contributed by atoms with E-state index in [2.05, 4.69) is 49.3 Å². The van der Waals surface area contributed by atoms with E-state index in [1.54, 1.807) is 25.3 Å². The molecule has 4 heterocycles. The lowest BCUT2D eigenvalue weighted by Gasteiger charge is -2.42. The molecule has 10 nitrogen and oxygen atoms in total. The summed E-state index contributed by atoms with van der Waals surface area (Å²) >= 11 is 6.85. The summed E-state index contributed by atoms with van der Waals surface area (Å²) < 4.78 is 32.9. The molecule has 12 heteroatoms. The van der Waals surface area contributed by atoms with Gasteiger partial charge in [-0.15, -0.1) is 0 Å². The van der Waals surface area contributed by atoms with Gasteiger partial charge in [-0.3, -0.25) is 5.32 Å². The zero-order chi connectivity index (χ0) is 27.7. The number of halogens is 1. The van der Waals surface area contributed by atoms with Crippen molar-refractivity contribution in [2.24, 2.45) is 0 Å². The number of anilines is 1. The predicted molar refractivity (Wildman–Crippen MR) is 142 cm³/mol. The molecule has 0 spiro atoms. The Hall–Kier alpha value is -1.76. The van der Waals surface area contributed by atoms with Crippen LogP contribution in [0.25, 0.3) is 5.52 Å². The molecule has 4 rings (SSSR count). The molecule has 0 bridgehead atoms. The van der Waals surface area contributed by atoms with Crippen molar-refractivity contribution in [3.8, 4) is 0 Å². The van der Waals surface area contributed by atoms with Gasteiger partial charge in [-0.05, 0) is 64.9 Å². The van der Waals surface area contributed by atoms with Crippen LogP contribution in [0.5, 0.6) is 0 Å². The van der Waals surface area contributed by atoms with E-state index in [0.29, 0.717) is 17.0 Å². The Bertz CT molecular complexity index is 1190. The number of alkyl halides is 1. The molecule has 2 aliphatic heterocycles. The van der Waals surface area contributed by atoms with Crippen LogP contribution >= 0.6 is 11.6 Å². The molecule has 2 saturated heterocycles. The molecule has 0 aliphatic carbocycles. The number of carbonyl (C=O) groups excluding carboxylic acids is 1. The van der Waals surface area contributed by atoms with E-state index in [4.69, 9.17) is 35.0 Å². The maximum absolute atomic E-state index is 12.5. The molecular formula is C25H39ClN4O6Si. The van der Waals surface area contributed by atoms with Crippen LogP contribution in [0.3, 0.4) is 0 Å². The number of fused-ring (bicyclic) bond motifs is 2. The van der Waals surface area contributed by atoms with E-state index in [1.807, 2.05) is 26.0 Å². The normalized spacial score (nSPS) is 27.9. The van der Waals surface area contributed by atoms with Crippen molar-refractivity contribution in [2.75, 3.05) is 18.5 Å². The second kappa shape index (κ2) is 8.89. The summed E-state index contributed by atoms with van der Waals surface area (Å²) in [5.74, 6) is -0.669. The first-order chi connectivity index (χ1) is 16.8. The topological polar surface area (TPSA) is 105 Å². The van der Waals surface area contributed by atoms with Gasteiger partial charge in [0.2, 0.25) is 0 Å². The number of aromatic nitrogens is 3. The Morgan fingerprint density at radius 3 is 2.51 bits per heavy atom. The summed E-state index contributed by atoms with van der Waals surface area (Å²) in [4.78, 5) is 16.7. The minimum absolute atomic E-state index is 0.0141. The smallest absolute Gasteiger partial charge is 0.413 e. The van der Waals surface area contributed by atoms with Gasteiger partial charge in [0.1, 0.15) is 17.4 Å². The molecule has 2 unspecified atom stereocenters. The highest BCUT2D eigenvalue weighted by Crippen LogP contribution is 2.58. The number of nitrogens with one attached hydrogen (secondary N) is 1. The number of rotatable bonds is 5. The van der Waals surface area contributed by atoms with Crippen molar-refractivity contribution in [3.63, 3.8) is 0 Å². The Balaban J connectivity index is 1.78. The minimum atomic E-state index is -2.18. The maximum Gasteiger partial charge on any atom is 0.413 e. The third-order valence-corrected chi connectivity index (χ3v) is 12.2. The standard InChI is InChI=1S/C25H39ClN4O6Si/c1-21(2,3)34-20(31)29-18-16-11-12-17(30(16)28-15-27-18)24-13-32-19(26)25(24,36-23(7,8)35-24)14-33-37(9,10)22(4,5)6/h11-12,15,19H,13-14H2,1-10H3,(H,27,28,29,31)/t19?,24?,25-/m1/s1. The average molecular weight is 555 g/mol. The van der Waals surface area contributed by atoms with Crippen LogP contribution in [-0.4, -0.2) is 64.8 Å². The van der Waals surface area contributed by atoms with Crippen LogP contribution < -0.4 is 5.32 Å². The van der Waals surface area contributed by atoms with Crippen molar-refractivity contribution in [1.29, 1.82) is 0 Å². The van der Waals surface area contributed by atoms with Crippen LogP contribution in [0.1, 0.15) is 61.1 Å². The van der Waals surface area contributed by atoms with E-state index in [9.17, 15) is 4.79 Å². The lowest BCUT2D eigenvalue weighted by Crippen LogP contribution is -2.57. The zero-order valence-corrected chi connectivity index (χ0v) is 25.1. The molecule has 0 radical (unpaired) electrons. The fourth-order valence-electron chi connectivity index (χ4n) is 4.55. The van der Waals surface area contributed by atoms with Gasteiger partial charge < -0.3 is 23.4 Å². The van der Waals surface area contributed by atoms with Crippen LogP contribution in [0.15, 0.2) is 18.5 Å². The average Bonchev–Trinajstić information content (AvgIpc) is 3.33. The summed E-state index contributed by atoms with van der Waals surface area (Å²) in [7, 11) is -2.18. The van der Waals surface area contributed by atoms with Crippen LogP contribution in [0.2, 0.25) is 18.1 Å². The molecule has 2 fully saturated rings. The minimum Gasteiger partial charge on any atom is -0.444 e. The van der Waals surface area contributed by atoms with Gasteiger partial charge in [-0.25, -0.2) is 14.3 Å². The Morgan fingerprint density at radius 1 is 1.22 bits per heavy atom. The van der Waals surface area contributed by atoms with Gasteiger partial charge in [0.05, 0.1) is 18.9 Å². The molecule has 0 aromatic carbocycles. The van der Waals surface area contributed by atoms with E-state index in [0.717, 1.165) is 0 Å². The fraction of sp³-hybridized carbons (Fsp3) is 0.720. The largest absolute Gasteiger partial charge is 0.444 e. The molecule has 3 atom stereocenters. The van der Waals surface area contributed by atoms with Gasteiger partial charge in [0.25, 0.3) is 0 Å². The molecule has 1 amide bonds. The predicted octanol–water partition coefficient (Wildman–Crippen LogP) is 5.41. The number of nitrogens with zero attached hydrogens (tertiary/aromatic N) is 3. The molecule has 37 heavy (non-hydrogen) atoms. The van der Waals surface area contributed by atoms with Gasteiger partial charge in [0, 0.05) is 0 Å². The lowest BCUT2D eigenvalue weighted by atomic mass is 9.83. The summed E-state index contributed by atoms with van der Waals surface area (Å²) in [6.07, 6.45) is 0.750. The number of carbonyl (C=O) groups is 1. The van der Waals surface area contributed by atoms with Crippen molar-refractivity contribution < 1.29 is 28.2 Å². The number of ether oxygens (including phenoxy) is 4. The highest BCUT2D eigenvalue weighted by atomic mass is 35.5. The maximum atomic E-state index is 12.5. The summed E-state index contributed by atoms with van der Waals surface area (Å²) in [6, 6.07) is 3.68. The van der Waals surface area contributed by atoms with Gasteiger partial charge >= 0.3 is 6.09 Å². The summed E-state index contributed by atoms with van der Waals surface area (Å²) in [5, 5.41) is 7.19. The number of hydrogen-bond donors (Lipinski definition) is 1. The van der Waals surface area contributed by atoms with E-state index < -0.39 is 42.6 Å². The highest BCUT2D eigenvalue weighted by molar-refractivity contribution is 6.74. The molecule has 2 aromatic heterocycles. The second-order valence-corrected chi connectivity index (χ2v) is 18.0. The van der Waals surface area contributed by atoms with Gasteiger partial charge in [-0.1, -0.05) is 32.4 Å². The Labute approximate surface area is 224 Å². The van der Waals surface area contributed by atoms with E-state index in [-0.39, 0.29) is 18.3 Å². The quantitative estimate of drug-likeness (QED) is 0.386. The fourth-order valence-corrected chi connectivity index (χ4v) is 5.90. The first-order valence-electron chi connectivity index (χ1n) is 12.5. The molecule has 1 N–H and O–H groups in total. The zero-order valence-electron chi connectivity index (χ0n) is 23.4. The monoisotopic (exact) mass is 554 g/mol. The lowest BCUT2D eigenvalue weighted by molar-refractivity contribution is -0.200. The van der Waals surface area contributed by atoms with E-state index in [1.165, 1.54) is 6.33 Å². The van der Waals surface area contributed by atoms with Gasteiger partial charge in [-0.2, -0.15) is 5.10 Å². The Kier molecular flexibility index (Phi) is 6.79. The molecular weight excluding hydrogens is 516 g/mol. The third kappa shape index (κ3) is 4.90. The van der Waals surface area contributed by atoms with Crippen LogP contribution in [0, 0.1) is 0 Å². The Morgan fingerprint density at radius 2 is 1.89 bits per heavy atom. The first kappa shape index (κ1) is 28.3. The second-order valence-electron chi connectivity index (χ2n) is 12.7. The summed E-state index contributed by atoms with van der Waals surface area (Å²) in [5.41, 5.74) is -2.54. The van der Waals surface area contributed by atoms with Crippen molar-refractivity contribution in [3.05, 3.63) is 24.2 Å². The number of amides is 1. The van der Waals surface area contributed by atoms with Crippen molar-refractivity contribution in [2.45, 2.75) is 102 Å². The SMILES string of the molecule is CC(C)(C)OC(=O)Nc1ncnn2c(C34COC(Cl)[C@@]3(CO[Si](C)(C)C(C)(C)C)OC(C)(C)O4)ccc12. The van der Waals surface area contributed by atoms with Crippen LogP contribution in [-0.2, 0) is 29.0 Å². The number of hydrogen-bond acceptors (Lipinski definition) is 8. The molecule has 2 aliphatic rings.